The summed E-state index contributed by atoms with van der Waals surface area (Å²) in [5, 5.41) is 16.9. The van der Waals surface area contributed by atoms with Gasteiger partial charge in [0.1, 0.15) is 17.2 Å². The van der Waals surface area contributed by atoms with E-state index in [9.17, 15) is 9.50 Å². The summed E-state index contributed by atoms with van der Waals surface area (Å²) in [5.74, 6) is -0.359. The Balaban J connectivity index is 2.50. The standard InChI is InChI=1S/C11H12FN3O/c1-7-4-3-5-9(12)11(7)15-6-10(8(2)16)13-14-15/h3-6,8,16H,1-2H3. The number of hydrogen-bond acceptors (Lipinski definition) is 3. The fourth-order valence-electron chi connectivity index (χ4n) is 1.49. The van der Waals surface area contributed by atoms with Gasteiger partial charge in [0.2, 0.25) is 0 Å². The minimum atomic E-state index is -0.708. The Bertz CT molecular complexity index is 487. The summed E-state index contributed by atoms with van der Waals surface area (Å²) in [5.41, 5.74) is 1.55. The first-order chi connectivity index (χ1) is 7.59. The number of aliphatic hydroxyl groups excluding tert-OH is 1. The number of aliphatic hydroxyl groups is 1. The second-order valence-electron chi connectivity index (χ2n) is 3.67. The van der Waals surface area contributed by atoms with Gasteiger partial charge in [-0.05, 0) is 25.5 Å². The number of aromatic nitrogens is 3. The van der Waals surface area contributed by atoms with E-state index in [0.717, 1.165) is 5.56 Å². The lowest BCUT2D eigenvalue weighted by atomic mass is 10.2. The minimum Gasteiger partial charge on any atom is -0.387 e. The number of halogens is 1. The van der Waals surface area contributed by atoms with Crippen LogP contribution in [-0.4, -0.2) is 20.1 Å². The van der Waals surface area contributed by atoms with Gasteiger partial charge in [-0.15, -0.1) is 5.10 Å². The third-order valence-electron chi connectivity index (χ3n) is 2.36. The van der Waals surface area contributed by atoms with E-state index in [1.807, 2.05) is 0 Å². The van der Waals surface area contributed by atoms with E-state index in [1.54, 1.807) is 26.0 Å². The van der Waals surface area contributed by atoms with Crippen LogP contribution in [0.2, 0.25) is 0 Å². The summed E-state index contributed by atoms with van der Waals surface area (Å²) >= 11 is 0. The van der Waals surface area contributed by atoms with E-state index < -0.39 is 6.10 Å². The van der Waals surface area contributed by atoms with Crippen molar-refractivity contribution in [3.05, 3.63) is 41.5 Å². The molecule has 2 aromatic rings. The van der Waals surface area contributed by atoms with Gasteiger partial charge in [-0.2, -0.15) is 0 Å². The van der Waals surface area contributed by atoms with Gasteiger partial charge in [0.05, 0.1) is 12.3 Å². The topological polar surface area (TPSA) is 50.9 Å². The van der Waals surface area contributed by atoms with E-state index in [4.69, 9.17) is 0 Å². The van der Waals surface area contributed by atoms with Gasteiger partial charge in [-0.3, -0.25) is 0 Å². The predicted octanol–water partition coefficient (Wildman–Crippen LogP) is 1.77. The molecular weight excluding hydrogens is 209 g/mol. The molecule has 0 radical (unpaired) electrons. The second-order valence-corrected chi connectivity index (χ2v) is 3.67. The van der Waals surface area contributed by atoms with Gasteiger partial charge in [-0.25, -0.2) is 9.07 Å². The fourth-order valence-corrected chi connectivity index (χ4v) is 1.49. The smallest absolute Gasteiger partial charge is 0.149 e. The molecule has 16 heavy (non-hydrogen) atoms. The van der Waals surface area contributed by atoms with Crippen LogP contribution in [0.1, 0.15) is 24.3 Å². The molecule has 4 nitrogen and oxygen atoms in total. The van der Waals surface area contributed by atoms with Crippen LogP contribution >= 0.6 is 0 Å². The van der Waals surface area contributed by atoms with Crippen LogP contribution in [0.4, 0.5) is 4.39 Å². The zero-order valence-electron chi connectivity index (χ0n) is 9.05. The molecule has 0 fully saturated rings. The first-order valence-electron chi connectivity index (χ1n) is 4.95. The highest BCUT2D eigenvalue weighted by Gasteiger charge is 2.12. The van der Waals surface area contributed by atoms with Crippen molar-refractivity contribution in [3.8, 4) is 5.69 Å². The Morgan fingerprint density at radius 1 is 1.44 bits per heavy atom. The van der Waals surface area contributed by atoms with E-state index >= 15 is 0 Å². The van der Waals surface area contributed by atoms with Crippen molar-refractivity contribution < 1.29 is 9.50 Å². The van der Waals surface area contributed by atoms with Gasteiger partial charge in [0.25, 0.3) is 0 Å². The minimum absolute atomic E-state index is 0.359. The molecule has 0 saturated carbocycles. The fraction of sp³-hybridized carbons (Fsp3) is 0.273. The van der Waals surface area contributed by atoms with E-state index in [2.05, 4.69) is 10.3 Å². The third kappa shape index (κ3) is 1.81. The molecular formula is C11H12FN3O. The van der Waals surface area contributed by atoms with Gasteiger partial charge in [-0.1, -0.05) is 17.3 Å². The molecule has 0 aliphatic carbocycles. The molecule has 0 bridgehead atoms. The molecule has 0 amide bonds. The summed E-state index contributed by atoms with van der Waals surface area (Å²) in [7, 11) is 0. The summed E-state index contributed by atoms with van der Waals surface area (Å²) in [6, 6.07) is 4.80. The van der Waals surface area contributed by atoms with Crippen molar-refractivity contribution in [2.75, 3.05) is 0 Å². The van der Waals surface area contributed by atoms with E-state index in [1.165, 1.54) is 16.9 Å². The molecule has 84 valence electrons. The molecule has 1 aromatic heterocycles. The zero-order chi connectivity index (χ0) is 11.7. The molecule has 0 spiro atoms. The van der Waals surface area contributed by atoms with Crippen molar-refractivity contribution >= 4 is 0 Å². The highest BCUT2D eigenvalue weighted by molar-refractivity contribution is 5.40. The highest BCUT2D eigenvalue weighted by Crippen LogP contribution is 2.18. The zero-order valence-corrected chi connectivity index (χ0v) is 9.05. The van der Waals surface area contributed by atoms with Gasteiger partial charge in [0.15, 0.2) is 0 Å². The van der Waals surface area contributed by atoms with Crippen LogP contribution in [0.25, 0.3) is 5.69 Å². The van der Waals surface area contributed by atoms with Crippen LogP contribution in [0.3, 0.4) is 0 Å². The van der Waals surface area contributed by atoms with Crippen molar-refractivity contribution in [1.29, 1.82) is 0 Å². The largest absolute Gasteiger partial charge is 0.387 e. The molecule has 1 heterocycles. The molecule has 5 heteroatoms. The Labute approximate surface area is 92.3 Å². The molecule has 0 saturated heterocycles. The molecule has 1 atom stereocenters. The Kier molecular flexibility index (Phi) is 2.70. The molecule has 0 aliphatic rings. The average Bonchev–Trinajstić information content (AvgIpc) is 2.66. The lowest BCUT2D eigenvalue weighted by molar-refractivity contribution is 0.194. The monoisotopic (exact) mass is 221 g/mol. The summed E-state index contributed by atoms with van der Waals surface area (Å²) in [4.78, 5) is 0. The summed E-state index contributed by atoms with van der Waals surface area (Å²) in [6.07, 6.45) is 0.816. The van der Waals surface area contributed by atoms with Crippen LogP contribution < -0.4 is 0 Å². The number of benzene rings is 1. The maximum absolute atomic E-state index is 13.6. The molecule has 1 unspecified atom stereocenters. The number of aryl methyl sites for hydroxylation is 1. The van der Waals surface area contributed by atoms with Crippen molar-refractivity contribution in [3.63, 3.8) is 0 Å². The number of para-hydroxylation sites is 1. The Morgan fingerprint density at radius 3 is 2.75 bits per heavy atom. The number of hydrogen-bond donors (Lipinski definition) is 1. The lowest BCUT2D eigenvalue weighted by Gasteiger charge is -2.05. The van der Waals surface area contributed by atoms with E-state index in [0.29, 0.717) is 11.4 Å². The van der Waals surface area contributed by atoms with E-state index in [-0.39, 0.29) is 5.82 Å². The van der Waals surface area contributed by atoms with Gasteiger partial charge < -0.3 is 5.11 Å². The number of nitrogens with zero attached hydrogens (tertiary/aromatic N) is 3. The first kappa shape index (κ1) is 10.8. The predicted molar refractivity (Wildman–Crippen MR) is 56.7 cm³/mol. The average molecular weight is 221 g/mol. The first-order valence-corrected chi connectivity index (χ1v) is 4.95. The van der Waals surface area contributed by atoms with Crippen LogP contribution in [0.5, 0.6) is 0 Å². The van der Waals surface area contributed by atoms with Gasteiger partial charge in [0, 0.05) is 0 Å². The van der Waals surface area contributed by atoms with Crippen molar-refractivity contribution in [2.24, 2.45) is 0 Å². The van der Waals surface area contributed by atoms with Crippen LogP contribution in [0, 0.1) is 12.7 Å². The summed E-state index contributed by atoms with van der Waals surface area (Å²) < 4.78 is 14.9. The Hall–Kier alpha value is -1.75. The quantitative estimate of drug-likeness (QED) is 0.840. The third-order valence-corrected chi connectivity index (χ3v) is 2.36. The maximum atomic E-state index is 13.6. The Morgan fingerprint density at radius 2 is 2.19 bits per heavy atom. The van der Waals surface area contributed by atoms with Crippen molar-refractivity contribution in [1.82, 2.24) is 15.0 Å². The van der Waals surface area contributed by atoms with Crippen LogP contribution in [0.15, 0.2) is 24.4 Å². The maximum Gasteiger partial charge on any atom is 0.149 e. The van der Waals surface area contributed by atoms with Crippen molar-refractivity contribution in [2.45, 2.75) is 20.0 Å². The highest BCUT2D eigenvalue weighted by atomic mass is 19.1. The summed E-state index contributed by atoms with van der Waals surface area (Å²) in [6.45, 7) is 3.38. The number of rotatable bonds is 2. The SMILES string of the molecule is Cc1cccc(F)c1-n1cc(C(C)O)nn1. The molecule has 1 aromatic carbocycles. The second kappa shape index (κ2) is 4.02. The molecule has 2 rings (SSSR count). The normalized spacial score (nSPS) is 12.8. The lowest BCUT2D eigenvalue weighted by Crippen LogP contribution is -2.01. The molecule has 1 N–H and O–H groups in total. The van der Waals surface area contributed by atoms with Gasteiger partial charge >= 0.3 is 0 Å². The van der Waals surface area contributed by atoms with Crippen LogP contribution in [-0.2, 0) is 0 Å². The molecule has 0 aliphatic heterocycles.